The molecule has 0 spiro atoms. The first-order valence-electron chi connectivity index (χ1n) is 7.44. The Hall–Kier alpha value is -1.00. The lowest BCUT2D eigenvalue weighted by molar-refractivity contribution is 0.120. The van der Waals surface area contributed by atoms with Gasteiger partial charge in [-0.1, -0.05) is 13.3 Å². The number of likely N-dealkylation sites (N-methyl/N-ethyl adjacent to an activating group) is 1. The minimum absolute atomic E-state index is 0.214. The van der Waals surface area contributed by atoms with E-state index in [1.54, 1.807) is 12.5 Å². The molecule has 0 aliphatic heterocycles. The van der Waals surface area contributed by atoms with Gasteiger partial charge in [0, 0.05) is 18.8 Å². The molecule has 1 fully saturated rings. The van der Waals surface area contributed by atoms with E-state index in [1.165, 1.54) is 32.1 Å². The van der Waals surface area contributed by atoms with Crippen molar-refractivity contribution in [3.8, 4) is 0 Å². The van der Waals surface area contributed by atoms with Crippen molar-refractivity contribution < 1.29 is 0 Å². The third-order valence-corrected chi connectivity index (χ3v) is 4.63. The van der Waals surface area contributed by atoms with Gasteiger partial charge in [0.15, 0.2) is 0 Å². The van der Waals surface area contributed by atoms with Gasteiger partial charge in [-0.2, -0.15) is 0 Å². The highest BCUT2D eigenvalue weighted by Crippen LogP contribution is 2.32. The van der Waals surface area contributed by atoms with Crippen LogP contribution in [0.5, 0.6) is 0 Å². The summed E-state index contributed by atoms with van der Waals surface area (Å²) in [7, 11) is 2.19. The molecule has 1 aliphatic carbocycles. The molecule has 19 heavy (non-hydrogen) atoms. The number of nitrogens with two attached hydrogens (primary N) is 1. The summed E-state index contributed by atoms with van der Waals surface area (Å²) in [5.74, 6) is 0.931. The van der Waals surface area contributed by atoms with Gasteiger partial charge in [0.2, 0.25) is 0 Å². The fourth-order valence-electron chi connectivity index (χ4n) is 3.21. The minimum atomic E-state index is 0.214. The third kappa shape index (κ3) is 3.51. The Labute approximate surface area is 116 Å². The van der Waals surface area contributed by atoms with Gasteiger partial charge in [-0.3, -0.25) is 4.90 Å². The Balaban J connectivity index is 1.99. The second kappa shape index (κ2) is 6.96. The van der Waals surface area contributed by atoms with Crippen molar-refractivity contribution in [1.29, 1.82) is 0 Å². The molecule has 1 aromatic rings. The largest absolute Gasteiger partial charge is 0.329 e. The predicted octanol–water partition coefficient (Wildman–Crippen LogP) is 2.38. The van der Waals surface area contributed by atoms with E-state index < -0.39 is 0 Å². The zero-order valence-corrected chi connectivity index (χ0v) is 12.1. The molecular weight excluding hydrogens is 236 g/mol. The van der Waals surface area contributed by atoms with Crippen LogP contribution in [-0.2, 0) is 0 Å². The first-order valence-corrected chi connectivity index (χ1v) is 7.44. The van der Waals surface area contributed by atoms with E-state index in [2.05, 4.69) is 28.8 Å². The SMILES string of the molecule is CCC1CCC(N(C)C(CN)c2ccncn2)CC1. The molecule has 1 unspecified atom stereocenters. The van der Waals surface area contributed by atoms with Crippen molar-refractivity contribution >= 4 is 0 Å². The normalized spacial score (nSPS) is 25.5. The van der Waals surface area contributed by atoms with Gasteiger partial charge < -0.3 is 5.73 Å². The minimum Gasteiger partial charge on any atom is -0.329 e. The average Bonchev–Trinajstić information content (AvgIpc) is 2.49. The maximum Gasteiger partial charge on any atom is 0.115 e. The highest BCUT2D eigenvalue weighted by molar-refractivity contribution is 5.06. The fraction of sp³-hybridized carbons (Fsp3) is 0.733. The van der Waals surface area contributed by atoms with Crippen LogP contribution in [-0.4, -0.2) is 34.5 Å². The van der Waals surface area contributed by atoms with Gasteiger partial charge >= 0.3 is 0 Å². The Morgan fingerprint density at radius 1 is 1.37 bits per heavy atom. The number of aromatic nitrogens is 2. The predicted molar refractivity (Wildman–Crippen MR) is 77.6 cm³/mol. The van der Waals surface area contributed by atoms with E-state index in [-0.39, 0.29) is 6.04 Å². The summed E-state index contributed by atoms with van der Waals surface area (Å²) in [5.41, 5.74) is 7.00. The zero-order chi connectivity index (χ0) is 13.7. The second-order valence-electron chi connectivity index (χ2n) is 5.63. The summed E-state index contributed by atoms with van der Waals surface area (Å²) < 4.78 is 0. The van der Waals surface area contributed by atoms with Crippen molar-refractivity contribution in [2.75, 3.05) is 13.6 Å². The van der Waals surface area contributed by atoms with Gasteiger partial charge in [0.05, 0.1) is 11.7 Å². The fourth-order valence-corrected chi connectivity index (χ4v) is 3.21. The van der Waals surface area contributed by atoms with Gasteiger partial charge in [-0.05, 0) is 44.7 Å². The summed E-state index contributed by atoms with van der Waals surface area (Å²) in [6.07, 6.45) is 10.0. The molecule has 106 valence electrons. The van der Waals surface area contributed by atoms with Crippen LogP contribution in [0, 0.1) is 5.92 Å². The molecule has 1 saturated carbocycles. The summed E-state index contributed by atoms with van der Waals surface area (Å²) >= 11 is 0. The molecule has 0 saturated heterocycles. The lowest BCUT2D eigenvalue weighted by atomic mass is 9.83. The van der Waals surface area contributed by atoms with E-state index in [0.29, 0.717) is 12.6 Å². The molecule has 0 aromatic carbocycles. The number of nitrogens with zero attached hydrogens (tertiary/aromatic N) is 3. The number of hydrogen-bond donors (Lipinski definition) is 1. The van der Waals surface area contributed by atoms with E-state index >= 15 is 0 Å². The summed E-state index contributed by atoms with van der Waals surface area (Å²) in [6, 6.07) is 2.84. The van der Waals surface area contributed by atoms with Crippen molar-refractivity contribution in [3.63, 3.8) is 0 Å². The van der Waals surface area contributed by atoms with E-state index in [4.69, 9.17) is 5.73 Å². The smallest absolute Gasteiger partial charge is 0.115 e. The van der Waals surface area contributed by atoms with Crippen LogP contribution in [0.3, 0.4) is 0 Å². The molecular formula is C15H26N4. The van der Waals surface area contributed by atoms with Crippen LogP contribution in [0.25, 0.3) is 0 Å². The molecule has 4 heteroatoms. The molecule has 2 N–H and O–H groups in total. The van der Waals surface area contributed by atoms with Crippen molar-refractivity contribution in [2.45, 2.75) is 51.1 Å². The molecule has 0 bridgehead atoms. The summed E-state index contributed by atoms with van der Waals surface area (Å²) in [4.78, 5) is 10.8. The summed E-state index contributed by atoms with van der Waals surface area (Å²) in [6.45, 7) is 2.92. The topological polar surface area (TPSA) is 55.0 Å². The van der Waals surface area contributed by atoms with Gasteiger partial charge in [0.1, 0.15) is 6.33 Å². The summed E-state index contributed by atoms with van der Waals surface area (Å²) in [5, 5.41) is 0. The quantitative estimate of drug-likeness (QED) is 0.885. The molecule has 1 heterocycles. The number of hydrogen-bond acceptors (Lipinski definition) is 4. The third-order valence-electron chi connectivity index (χ3n) is 4.63. The van der Waals surface area contributed by atoms with Crippen molar-refractivity contribution in [2.24, 2.45) is 11.7 Å². The van der Waals surface area contributed by atoms with E-state index in [9.17, 15) is 0 Å². The van der Waals surface area contributed by atoms with Gasteiger partial charge in [-0.25, -0.2) is 9.97 Å². The standard InChI is InChI=1S/C15H26N4/c1-3-12-4-6-13(7-5-12)19(2)15(10-16)14-8-9-17-11-18-14/h8-9,11-13,15H,3-7,10,16H2,1-2H3. The van der Waals surface area contributed by atoms with Crippen LogP contribution in [0.1, 0.15) is 50.8 Å². The molecule has 0 amide bonds. The highest BCUT2D eigenvalue weighted by atomic mass is 15.2. The average molecular weight is 262 g/mol. The highest BCUT2D eigenvalue weighted by Gasteiger charge is 2.28. The maximum absolute atomic E-state index is 5.96. The first-order chi connectivity index (χ1) is 9.26. The van der Waals surface area contributed by atoms with Crippen LogP contribution >= 0.6 is 0 Å². The number of rotatable bonds is 5. The van der Waals surface area contributed by atoms with Crippen molar-refractivity contribution in [3.05, 3.63) is 24.3 Å². The molecule has 2 rings (SSSR count). The lowest BCUT2D eigenvalue weighted by Crippen LogP contribution is -2.41. The zero-order valence-electron chi connectivity index (χ0n) is 12.1. The Bertz CT molecular complexity index is 360. The second-order valence-corrected chi connectivity index (χ2v) is 5.63. The van der Waals surface area contributed by atoms with Crippen LogP contribution in [0.15, 0.2) is 18.6 Å². The maximum atomic E-state index is 5.96. The Kier molecular flexibility index (Phi) is 5.28. The monoisotopic (exact) mass is 262 g/mol. The van der Waals surface area contributed by atoms with Crippen LogP contribution in [0.2, 0.25) is 0 Å². The van der Waals surface area contributed by atoms with E-state index in [0.717, 1.165) is 11.6 Å². The van der Waals surface area contributed by atoms with Crippen LogP contribution < -0.4 is 5.73 Å². The Morgan fingerprint density at radius 3 is 2.63 bits per heavy atom. The van der Waals surface area contributed by atoms with Crippen molar-refractivity contribution in [1.82, 2.24) is 14.9 Å². The molecule has 0 radical (unpaired) electrons. The van der Waals surface area contributed by atoms with Crippen LogP contribution in [0.4, 0.5) is 0 Å². The molecule has 4 nitrogen and oxygen atoms in total. The molecule has 1 atom stereocenters. The van der Waals surface area contributed by atoms with Gasteiger partial charge in [0.25, 0.3) is 0 Å². The van der Waals surface area contributed by atoms with Gasteiger partial charge in [-0.15, -0.1) is 0 Å². The first kappa shape index (κ1) is 14.4. The Morgan fingerprint density at radius 2 is 2.11 bits per heavy atom. The molecule has 1 aliphatic rings. The molecule has 1 aromatic heterocycles. The van der Waals surface area contributed by atoms with E-state index in [1.807, 2.05) is 6.07 Å². The lowest BCUT2D eigenvalue weighted by Gasteiger charge is -2.38.